The number of anilines is 1. The van der Waals surface area contributed by atoms with Gasteiger partial charge < -0.3 is 0 Å². The number of hydrogen-bond acceptors (Lipinski definition) is 3. The Morgan fingerprint density at radius 1 is 1.19 bits per heavy atom. The number of aryl methyl sites for hydroxylation is 1. The van der Waals surface area contributed by atoms with Gasteiger partial charge in [0.25, 0.3) is 10.0 Å². The van der Waals surface area contributed by atoms with Gasteiger partial charge in [0.15, 0.2) is 0 Å². The number of benzene rings is 1. The molecule has 3 rings (SSSR count). The second-order valence-electron chi connectivity index (χ2n) is 5.42. The maximum absolute atomic E-state index is 13.0. The van der Waals surface area contributed by atoms with Crippen LogP contribution in [0.3, 0.4) is 0 Å². The van der Waals surface area contributed by atoms with Crippen molar-refractivity contribution in [1.29, 1.82) is 0 Å². The highest BCUT2D eigenvalue weighted by Crippen LogP contribution is 2.33. The first-order valence-electron chi connectivity index (χ1n) is 7.17. The van der Waals surface area contributed by atoms with Crippen LogP contribution in [0.1, 0.15) is 25.7 Å². The van der Waals surface area contributed by atoms with Gasteiger partial charge in [-0.1, -0.05) is 31.0 Å². The van der Waals surface area contributed by atoms with E-state index in [2.05, 4.69) is 5.10 Å². The summed E-state index contributed by atoms with van der Waals surface area (Å²) in [6, 6.07) is 9.38. The average Bonchev–Trinajstić information content (AvgIpc) is 3.12. The monoisotopic (exact) mass is 305 g/mol. The molecule has 1 heterocycles. The maximum Gasteiger partial charge on any atom is 0.267 e. The van der Waals surface area contributed by atoms with E-state index in [0.717, 1.165) is 31.4 Å². The van der Waals surface area contributed by atoms with Crippen molar-refractivity contribution in [3.05, 3.63) is 42.7 Å². The van der Waals surface area contributed by atoms with E-state index >= 15 is 0 Å². The van der Waals surface area contributed by atoms with Crippen molar-refractivity contribution in [2.24, 2.45) is 7.05 Å². The van der Waals surface area contributed by atoms with Gasteiger partial charge in [0.05, 0.1) is 11.9 Å². The second kappa shape index (κ2) is 5.52. The highest BCUT2D eigenvalue weighted by Gasteiger charge is 2.34. The third-order valence-corrected chi connectivity index (χ3v) is 5.74. The van der Waals surface area contributed by atoms with Crippen LogP contribution in [0.5, 0.6) is 0 Å². The van der Waals surface area contributed by atoms with Crippen LogP contribution >= 0.6 is 0 Å². The summed E-state index contributed by atoms with van der Waals surface area (Å²) < 4.78 is 29.1. The fourth-order valence-electron chi connectivity index (χ4n) is 2.91. The van der Waals surface area contributed by atoms with E-state index < -0.39 is 10.0 Å². The molecule has 0 bridgehead atoms. The number of hydrogen-bond donors (Lipinski definition) is 0. The number of nitrogens with zero attached hydrogens (tertiary/aromatic N) is 3. The molecule has 1 aromatic carbocycles. The van der Waals surface area contributed by atoms with E-state index in [9.17, 15) is 8.42 Å². The van der Waals surface area contributed by atoms with E-state index in [1.807, 2.05) is 30.3 Å². The zero-order chi connectivity index (χ0) is 14.9. The molecule has 5 nitrogen and oxygen atoms in total. The lowest BCUT2D eigenvalue weighted by molar-refractivity contribution is 0.574. The molecule has 1 aliphatic rings. The minimum absolute atomic E-state index is 0.0395. The average molecular weight is 305 g/mol. The fraction of sp³-hybridized carbons (Fsp3) is 0.400. The molecular formula is C15H19N3O2S. The van der Waals surface area contributed by atoms with Gasteiger partial charge in [-0.2, -0.15) is 5.10 Å². The number of aromatic nitrogens is 2. The van der Waals surface area contributed by atoms with Crippen molar-refractivity contribution in [3.8, 4) is 0 Å². The molecular weight excluding hydrogens is 286 g/mol. The first-order chi connectivity index (χ1) is 10.1. The predicted octanol–water partition coefficient (Wildman–Crippen LogP) is 2.56. The zero-order valence-electron chi connectivity index (χ0n) is 12.0. The highest BCUT2D eigenvalue weighted by atomic mass is 32.2. The summed E-state index contributed by atoms with van der Waals surface area (Å²) in [7, 11) is -1.84. The molecule has 112 valence electrons. The van der Waals surface area contributed by atoms with E-state index in [1.165, 1.54) is 10.9 Å². The Morgan fingerprint density at radius 2 is 1.86 bits per heavy atom. The van der Waals surface area contributed by atoms with Gasteiger partial charge >= 0.3 is 0 Å². The van der Waals surface area contributed by atoms with Crippen LogP contribution in [-0.4, -0.2) is 24.2 Å². The van der Waals surface area contributed by atoms with E-state index in [1.54, 1.807) is 17.5 Å². The molecule has 0 spiro atoms. The quantitative estimate of drug-likeness (QED) is 0.872. The fourth-order valence-corrected chi connectivity index (χ4v) is 4.60. The predicted molar refractivity (Wildman–Crippen MR) is 81.6 cm³/mol. The molecule has 1 aliphatic carbocycles. The van der Waals surface area contributed by atoms with Gasteiger partial charge in [-0.25, -0.2) is 8.42 Å². The third-order valence-electron chi connectivity index (χ3n) is 3.91. The molecule has 0 aliphatic heterocycles. The lowest BCUT2D eigenvalue weighted by Crippen LogP contribution is -2.38. The topological polar surface area (TPSA) is 55.2 Å². The largest absolute Gasteiger partial charge is 0.274 e. The highest BCUT2D eigenvalue weighted by molar-refractivity contribution is 7.92. The summed E-state index contributed by atoms with van der Waals surface area (Å²) in [5, 5.41) is 4.00. The first kappa shape index (κ1) is 14.1. The van der Waals surface area contributed by atoms with Crippen molar-refractivity contribution in [1.82, 2.24) is 9.78 Å². The Labute approximate surface area is 125 Å². The minimum atomic E-state index is -3.57. The van der Waals surface area contributed by atoms with Crippen LogP contribution in [0.15, 0.2) is 47.6 Å². The molecule has 0 N–H and O–H groups in total. The van der Waals surface area contributed by atoms with Crippen molar-refractivity contribution in [2.75, 3.05) is 4.31 Å². The van der Waals surface area contributed by atoms with Gasteiger partial charge in [-0.3, -0.25) is 8.99 Å². The van der Waals surface area contributed by atoms with E-state index in [4.69, 9.17) is 0 Å². The van der Waals surface area contributed by atoms with Gasteiger partial charge in [0, 0.05) is 19.3 Å². The van der Waals surface area contributed by atoms with Crippen LogP contribution in [-0.2, 0) is 17.1 Å². The zero-order valence-corrected chi connectivity index (χ0v) is 12.8. The molecule has 0 amide bonds. The Hall–Kier alpha value is -1.82. The third kappa shape index (κ3) is 2.68. The summed E-state index contributed by atoms with van der Waals surface area (Å²) in [6.07, 6.45) is 6.95. The Morgan fingerprint density at radius 3 is 2.43 bits per heavy atom. The van der Waals surface area contributed by atoms with Crippen LogP contribution in [0.2, 0.25) is 0 Å². The summed E-state index contributed by atoms with van der Waals surface area (Å²) in [6.45, 7) is 0. The van der Waals surface area contributed by atoms with Gasteiger partial charge in [-0.15, -0.1) is 0 Å². The molecule has 0 atom stereocenters. The Bertz CT molecular complexity index is 704. The van der Waals surface area contributed by atoms with Crippen molar-refractivity contribution < 1.29 is 8.42 Å². The standard InChI is InChI=1S/C15H19N3O2S/c1-17-12-15(11-16-17)21(19,20)18(14-9-5-6-10-14)13-7-3-2-4-8-13/h2-4,7-8,11-12,14H,5-6,9-10H2,1H3. The molecule has 21 heavy (non-hydrogen) atoms. The van der Waals surface area contributed by atoms with Crippen molar-refractivity contribution in [3.63, 3.8) is 0 Å². The molecule has 1 aromatic heterocycles. The van der Waals surface area contributed by atoms with Gasteiger partial charge in [0.2, 0.25) is 0 Å². The van der Waals surface area contributed by atoms with Gasteiger partial charge in [-0.05, 0) is 25.0 Å². The number of sulfonamides is 1. The van der Waals surface area contributed by atoms with E-state index in [0.29, 0.717) is 0 Å². The Balaban J connectivity index is 2.06. The van der Waals surface area contributed by atoms with Gasteiger partial charge in [0.1, 0.15) is 4.90 Å². The molecule has 6 heteroatoms. The number of para-hydroxylation sites is 1. The smallest absolute Gasteiger partial charge is 0.267 e. The summed E-state index contributed by atoms with van der Waals surface area (Å²) in [5.41, 5.74) is 0.730. The molecule has 2 aromatic rings. The second-order valence-corrected chi connectivity index (χ2v) is 7.24. The van der Waals surface area contributed by atoms with Crippen LogP contribution in [0.25, 0.3) is 0 Å². The molecule has 1 saturated carbocycles. The SMILES string of the molecule is Cn1cc(S(=O)(=O)N(c2ccccc2)C2CCCC2)cn1. The van der Waals surface area contributed by atoms with Crippen LogP contribution in [0, 0.1) is 0 Å². The van der Waals surface area contributed by atoms with Crippen LogP contribution in [0.4, 0.5) is 5.69 Å². The summed E-state index contributed by atoms with van der Waals surface area (Å²) >= 11 is 0. The first-order valence-corrected chi connectivity index (χ1v) is 8.61. The lowest BCUT2D eigenvalue weighted by Gasteiger charge is -2.29. The number of rotatable bonds is 4. The molecule has 1 fully saturated rings. The minimum Gasteiger partial charge on any atom is -0.274 e. The Kier molecular flexibility index (Phi) is 3.71. The normalized spacial score (nSPS) is 16.2. The molecule has 0 unspecified atom stereocenters. The lowest BCUT2D eigenvalue weighted by atomic mass is 10.2. The molecule has 0 saturated heterocycles. The van der Waals surface area contributed by atoms with E-state index in [-0.39, 0.29) is 10.9 Å². The summed E-state index contributed by atoms with van der Waals surface area (Å²) in [4.78, 5) is 0.251. The maximum atomic E-state index is 13.0. The van der Waals surface area contributed by atoms with Crippen molar-refractivity contribution >= 4 is 15.7 Å². The molecule has 0 radical (unpaired) electrons. The van der Waals surface area contributed by atoms with Crippen molar-refractivity contribution in [2.45, 2.75) is 36.6 Å². The van der Waals surface area contributed by atoms with Crippen LogP contribution < -0.4 is 4.31 Å². The summed E-state index contributed by atoms with van der Waals surface area (Å²) in [5.74, 6) is 0.